The second-order valence-electron chi connectivity index (χ2n) is 5.30. The Morgan fingerprint density at radius 2 is 2.09 bits per heavy atom. The van der Waals surface area contributed by atoms with E-state index in [0.29, 0.717) is 19.5 Å². The number of rotatable bonds is 6. The molecule has 1 fully saturated rings. The first kappa shape index (κ1) is 17.0. The summed E-state index contributed by atoms with van der Waals surface area (Å²) < 4.78 is 5.14. The topological polar surface area (TPSA) is 58.6 Å². The number of nitrogens with one attached hydrogen (secondary N) is 1. The molecule has 1 N–H and O–H groups in total. The van der Waals surface area contributed by atoms with Gasteiger partial charge in [-0.15, -0.1) is 0 Å². The Kier molecular flexibility index (Phi) is 6.39. The second-order valence-corrected chi connectivity index (χ2v) is 6.59. The number of ether oxygens (including phenoxy) is 1. The van der Waals surface area contributed by atoms with Crippen molar-refractivity contribution in [2.75, 3.05) is 19.7 Å². The van der Waals surface area contributed by atoms with Crippen LogP contribution in [0.4, 0.5) is 0 Å². The van der Waals surface area contributed by atoms with Crippen LogP contribution >= 0.6 is 15.9 Å². The van der Waals surface area contributed by atoms with Crippen molar-refractivity contribution >= 4 is 27.8 Å². The summed E-state index contributed by atoms with van der Waals surface area (Å²) in [5.74, 6) is -0.529. The number of carbonyl (C=O) groups excluding carboxylic acids is 2. The fourth-order valence-electron chi connectivity index (χ4n) is 2.38. The first-order valence-electron chi connectivity index (χ1n) is 7.46. The largest absolute Gasteiger partial charge is 0.454 e. The maximum absolute atomic E-state index is 12.2. The van der Waals surface area contributed by atoms with Crippen LogP contribution in [0.5, 0.6) is 0 Å². The lowest BCUT2D eigenvalue weighted by atomic mass is 10.2. The van der Waals surface area contributed by atoms with E-state index in [1.807, 2.05) is 37.3 Å². The van der Waals surface area contributed by atoms with Crippen LogP contribution in [-0.4, -0.2) is 47.3 Å². The number of hydrogen-bond acceptors (Lipinski definition) is 4. The molecule has 0 saturated carbocycles. The van der Waals surface area contributed by atoms with E-state index < -0.39 is 0 Å². The number of esters is 1. The second kappa shape index (κ2) is 8.29. The highest BCUT2D eigenvalue weighted by molar-refractivity contribution is 9.09. The summed E-state index contributed by atoms with van der Waals surface area (Å²) in [5, 5.41) is 3.07. The van der Waals surface area contributed by atoms with Crippen LogP contribution in [0.2, 0.25) is 0 Å². The molecular formula is C16H21BrN2O3. The molecule has 22 heavy (non-hydrogen) atoms. The Morgan fingerprint density at radius 1 is 1.36 bits per heavy atom. The van der Waals surface area contributed by atoms with Gasteiger partial charge < -0.3 is 15.0 Å². The summed E-state index contributed by atoms with van der Waals surface area (Å²) in [4.78, 5) is 26.0. The first-order valence-corrected chi connectivity index (χ1v) is 8.37. The molecule has 0 bridgehead atoms. The zero-order valence-corrected chi connectivity index (χ0v) is 14.2. The Hall–Kier alpha value is -1.40. The molecule has 120 valence electrons. The average molecular weight is 369 g/mol. The molecule has 1 aliphatic rings. The predicted molar refractivity (Wildman–Crippen MR) is 87.6 cm³/mol. The van der Waals surface area contributed by atoms with Crippen molar-refractivity contribution in [3.63, 3.8) is 0 Å². The number of carbonyl (C=O) groups is 2. The van der Waals surface area contributed by atoms with Crippen LogP contribution in [0.15, 0.2) is 30.3 Å². The molecule has 2 atom stereocenters. The standard InChI is InChI=1S/C16H21BrN2O3/c1-2-19(10-12-6-4-3-5-7-12)15(20)11-22-16(21)14-8-13(17)9-18-14/h3-7,13-14,18H,2,8-11H2,1H3. The van der Waals surface area contributed by atoms with Crippen molar-refractivity contribution in [3.05, 3.63) is 35.9 Å². The third-order valence-corrected chi connectivity index (χ3v) is 4.35. The molecule has 0 aromatic heterocycles. The van der Waals surface area contributed by atoms with Gasteiger partial charge in [0.25, 0.3) is 5.91 Å². The number of benzene rings is 1. The van der Waals surface area contributed by atoms with E-state index in [2.05, 4.69) is 21.2 Å². The molecule has 2 unspecified atom stereocenters. The summed E-state index contributed by atoms with van der Waals surface area (Å²) in [7, 11) is 0. The Bertz CT molecular complexity index is 509. The van der Waals surface area contributed by atoms with Gasteiger partial charge in [-0.1, -0.05) is 46.3 Å². The molecule has 6 heteroatoms. The fraction of sp³-hybridized carbons (Fsp3) is 0.500. The third kappa shape index (κ3) is 4.81. The molecule has 5 nitrogen and oxygen atoms in total. The summed E-state index contributed by atoms with van der Waals surface area (Å²) in [6.07, 6.45) is 0.689. The van der Waals surface area contributed by atoms with Crippen LogP contribution in [0.3, 0.4) is 0 Å². The van der Waals surface area contributed by atoms with Crippen LogP contribution in [-0.2, 0) is 20.9 Å². The average Bonchev–Trinajstić information content (AvgIpc) is 2.97. The van der Waals surface area contributed by atoms with Gasteiger partial charge in [0.2, 0.25) is 0 Å². The summed E-state index contributed by atoms with van der Waals surface area (Å²) in [6.45, 7) is 3.55. The van der Waals surface area contributed by atoms with Gasteiger partial charge in [-0.2, -0.15) is 0 Å². The van der Waals surface area contributed by atoms with Crippen molar-refractivity contribution < 1.29 is 14.3 Å². The quantitative estimate of drug-likeness (QED) is 0.613. The van der Waals surface area contributed by atoms with E-state index in [4.69, 9.17) is 4.74 Å². The van der Waals surface area contributed by atoms with Crippen molar-refractivity contribution in [2.45, 2.75) is 30.8 Å². The molecule has 1 aromatic rings. The van der Waals surface area contributed by atoms with Gasteiger partial charge in [0, 0.05) is 24.5 Å². The predicted octanol–water partition coefficient (Wildman–Crippen LogP) is 1.70. The number of likely N-dealkylation sites (N-methyl/N-ethyl adjacent to an activating group) is 1. The number of amides is 1. The number of halogens is 1. The van der Waals surface area contributed by atoms with Crippen molar-refractivity contribution in [3.8, 4) is 0 Å². The fourth-order valence-corrected chi connectivity index (χ4v) is 2.94. The molecule has 1 aromatic carbocycles. The van der Waals surface area contributed by atoms with E-state index >= 15 is 0 Å². The maximum atomic E-state index is 12.2. The van der Waals surface area contributed by atoms with Gasteiger partial charge >= 0.3 is 5.97 Å². The summed E-state index contributed by atoms with van der Waals surface area (Å²) in [6, 6.07) is 9.45. The minimum Gasteiger partial charge on any atom is -0.454 e. The van der Waals surface area contributed by atoms with Crippen molar-refractivity contribution in [1.82, 2.24) is 10.2 Å². The van der Waals surface area contributed by atoms with Crippen LogP contribution in [0, 0.1) is 0 Å². The molecule has 0 aliphatic carbocycles. The lowest BCUT2D eigenvalue weighted by molar-refractivity contribution is -0.153. The monoisotopic (exact) mass is 368 g/mol. The molecule has 1 amide bonds. The lowest BCUT2D eigenvalue weighted by Crippen LogP contribution is -2.37. The molecule has 1 aliphatic heterocycles. The highest BCUT2D eigenvalue weighted by Crippen LogP contribution is 2.15. The van der Waals surface area contributed by atoms with Gasteiger partial charge in [0.05, 0.1) is 0 Å². The summed E-state index contributed by atoms with van der Waals surface area (Å²) >= 11 is 3.45. The van der Waals surface area contributed by atoms with Gasteiger partial charge in [0.1, 0.15) is 6.04 Å². The zero-order chi connectivity index (χ0) is 15.9. The lowest BCUT2D eigenvalue weighted by Gasteiger charge is -2.21. The maximum Gasteiger partial charge on any atom is 0.323 e. The van der Waals surface area contributed by atoms with E-state index in [9.17, 15) is 9.59 Å². The van der Waals surface area contributed by atoms with E-state index in [-0.39, 0.29) is 29.4 Å². The minimum absolute atomic E-state index is 0.173. The van der Waals surface area contributed by atoms with E-state index in [1.54, 1.807) is 4.90 Å². The molecule has 2 rings (SSSR count). The Morgan fingerprint density at radius 3 is 2.68 bits per heavy atom. The van der Waals surface area contributed by atoms with Gasteiger partial charge in [-0.05, 0) is 18.9 Å². The highest BCUT2D eigenvalue weighted by Gasteiger charge is 2.29. The molecule has 1 heterocycles. The highest BCUT2D eigenvalue weighted by atomic mass is 79.9. The Balaban J connectivity index is 1.80. The SMILES string of the molecule is CCN(Cc1ccccc1)C(=O)COC(=O)C1CC(Br)CN1. The number of alkyl halides is 1. The first-order chi connectivity index (χ1) is 10.6. The van der Waals surface area contributed by atoms with E-state index in [0.717, 1.165) is 12.1 Å². The third-order valence-electron chi connectivity index (χ3n) is 3.65. The van der Waals surface area contributed by atoms with Gasteiger partial charge in [0.15, 0.2) is 6.61 Å². The molecule has 0 radical (unpaired) electrons. The molecule has 0 spiro atoms. The molecule has 1 saturated heterocycles. The summed E-state index contributed by atoms with van der Waals surface area (Å²) in [5.41, 5.74) is 1.06. The number of hydrogen-bond donors (Lipinski definition) is 1. The minimum atomic E-state index is -0.355. The number of nitrogens with zero attached hydrogens (tertiary/aromatic N) is 1. The van der Waals surface area contributed by atoms with Gasteiger partial charge in [-0.25, -0.2) is 0 Å². The smallest absolute Gasteiger partial charge is 0.323 e. The van der Waals surface area contributed by atoms with Crippen LogP contribution in [0.25, 0.3) is 0 Å². The van der Waals surface area contributed by atoms with Crippen molar-refractivity contribution in [2.24, 2.45) is 0 Å². The molecular weight excluding hydrogens is 348 g/mol. The van der Waals surface area contributed by atoms with Crippen molar-refractivity contribution in [1.29, 1.82) is 0 Å². The zero-order valence-electron chi connectivity index (χ0n) is 12.6. The van der Waals surface area contributed by atoms with Crippen LogP contribution in [0.1, 0.15) is 18.9 Å². The Labute approximate surface area is 139 Å². The normalized spacial score (nSPS) is 20.6. The van der Waals surface area contributed by atoms with Gasteiger partial charge in [-0.3, -0.25) is 9.59 Å². The van der Waals surface area contributed by atoms with Crippen LogP contribution < -0.4 is 5.32 Å². The van der Waals surface area contributed by atoms with E-state index in [1.165, 1.54) is 0 Å².